The number of nitrogens with zero attached hydrogens (tertiary/aromatic N) is 1. The van der Waals surface area contributed by atoms with Gasteiger partial charge in [0.2, 0.25) is 5.91 Å². The highest BCUT2D eigenvalue weighted by Gasteiger charge is 2.19. The minimum Gasteiger partial charge on any atom is -0.469 e. The molecule has 5 heteroatoms. The molecule has 5 nitrogen and oxygen atoms in total. The van der Waals surface area contributed by atoms with Crippen molar-refractivity contribution in [2.75, 3.05) is 0 Å². The molecule has 2 heterocycles. The number of furan rings is 1. The Bertz CT molecular complexity index is 787. The summed E-state index contributed by atoms with van der Waals surface area (Å²) < 4.78 is 5.56. The Labute approximate surface area is 147 Å². The number of carbonyl (C=O) groups is 1. The van der Waals surface area contributed by atoms with E-state index in [1.807, 2.05) is 44.2 Å². The fourth-order valence-electron chi connectivity index (χ4n) is 3.01. The van der Waals surface area contributed by atoms with E-state index in [0.717, 1.165) is 29.1 Å². The van der Waals surface area contributed by atoms with Crippen LogP contribution in [0.1, 0.15) is 40.6 Å². The Hall–Kier alpha value is -2.82. The fraction of sp³-hybridized carbons (Fsp3) is 0.300. The van der Waals surface area contributed by atoms with E-state index in [-0.39, 0.29) is 11.8 Å². The van der Waals surface area contributed by atoms with Gasteiger partial charge in [-0.2, -0.15) is 5.10 Å². The van der Waals surface area contributed by atoms with Gasteiger partial charge < -0.3 is 9.73 Å². The summed E-state index contributed by atoms with van der Waals surface area (Å²) in [7, 11) is 0. The molecular formula is C20H23N3O2. The van der Waals surface area contributed by atoms with Crippen LogP contribution >= 0.6 is 0 Å². The molecule has 130 valence electrons. The maximum atomic E-state index is 12.5. The molecule has 0 fully saturated rings. The molecule has 2 N–H and O–H groups in total. The Morgan fingerprint density at radius 1 is 1.20 bits per heavy atom. The number of rotatable bonds is 7. The summed E-state index contributed by atoms with van der Waals surface area (Å²) in [6.07, 6.45) is 2.81. The van der Waals surface area contributed by atoms with Crippen LogP contribution in [0, 0.1) is 13.8 Å². The zero-order valence-corrected chi connectivity index (χ0v) is 14.6. The second kappa shape index (κ2) is 7.83. The minimum atomic E-state index is 0.0114. The summed E-state index contributed by atoms with van der Waals surface area (Å²) in [5.74, 6) is 0.871. The first-order valence-electron chi connectivity index (χ1n) is 8.48. The van der Waals surface area contributed by atoms with Crippen LogP contribution in [-0.2, 0) is 17.8 Å². The Balaban J connectivity index is 1.64. The fourth-order valence-corrected chi connectivity index (χ4v) is 3.01. The molecule has 1 atom stereocenters. The second-order valence-electron chi connectivity index (χ2n) is 6.30. The number of aromatic amines is 1. The van der Waals surface area contributed by atoms with E-state index in [1.54, 1.807) is 6.26 Å². The van der Waals surface area contributed by atoms with Crippen molar-refractivity contribution in [3.63, 3.8) is 0 Å². The number of H-pyrrole nitrogens is 1. The first kappa shape index (κ1) is 17.0. The average Bonchev–Trinajstić information content (AvgIpc) is 3.24. The maximum Gasteiger partial charge on any atom is 0.221 e. The van der Waals surface area contributed by atoms with E-state index in [1.165, 1.54) is 5.56 Å². The molecule has 1 amide bonds. The molecule has 3 aromatic rings. The van der Waals surface area contributed by atoms with Crippen molar-refractivity contribution in [1.29, 1.82) is 0 Å². The van der Waals surface area contributed by atoms with Crippen LogP contribution in [0.25, 0.3) is 0 Å². The summed E-state index contributed by atoms with van der Waals surface area (Å²) >= 11 is 0. The Morgan fingerprint density at radius 3 is 2.64 bits per heavy atom. The molecule has 0 spiro atoms. The monoisotopic (exact) mass is 337 g/mol. The molecule has 25 heavy (non-hydrogen) atoms. The largest absolute Gasteiger partial charge is 0.469 e. The minimum absolute atomic E-state index is 0.0114. The molecule has 1 aromatic carbocycles. The number of carbonyl (C=O) groups excluding carboxylic acids is 1. The molecular weight excluding hydrogens is 314 g/mol. The van der Waals surface area contributed by atoms with Gasteiger partial charge in [-0.1, -0.05) is 30.3 Å². The van der Waals surface area contributed by atoms with Crippen LogP contribution in [0.2, 0.25) is 0 Å². The number of nitrogens with one attached hydrogen (secondary N) is 2. The second-order valence-corrected chi connectivity index (χ2v) is 6.30. The molecule has 0 aliphatic rings. The lowest BCUT2D eigenvalue weighted by Crippen LogP contribution is -2.25. The van der Waals surface area contributed by atoms with Gasteiger partial charge in [0.25, 0.3) is 0 Å². The van der Waals surface area contributed by atoms with Crippen LogP contribution in [0.15, 0.2) is 53.1 Å². The summed E-state index contributed by atoms with van der Waals surface area (Å²) in [6.45, 7) is 4.39. The van der Waals surface area contributed by atoms with Gasteiger partial charge in [-0.05, 0) is 38.0 Å². The maximum absolute atomic E-state index is 12.5. The van der Waals surface area contributed by atoms with Crippen LogP contribution in [0.4, 0.5) is 0 Å². The molecule has 0 saturated heterocycles. The third-order valence-corrected chi connectivity index (χ3v) is 4.45. The van der Waals surface area contributed by atoms with Crippen molar-refractivity contribution in [3.8, 4) is 0 Å². The lowest BCUT2D eigenvalue weighted by molar-refractivity contribution is -0.121. The zero-order chi connectivity index (χ0) is 17.6. The number of benzene rings is 1. The molecule has 0 aliphatic heterocycles. The van der Waals surface area contributed by atoms with E-state index >= 15 is 0 Å². The summed E-state index contributed by atoms with van der Waals surface area (Å²) in [5, 5.41) is 10.1. The standard InChI is InChI=1S/C20H23N3O2/c1-14-18(15(2)23-22-14)13-21-20(24)12-17(19-9-6-10-25-19)11-16-7-4-3-5-8-16/h3-10,17H,11-13H2,1-2H3,(H,21,24)(H,22,23). The van der Waals surface area contributed by atoms with Gasteiger partial charge in [-0.15, -0.1) is 0 Å². The summed E-state index contributed by atoms with van der Waals surface area (Å²) in [5.41, 5.74) is 4.15. The topological polar surface area (TPSA) is 70.9 Å². The van der Waals surface area contributed by atoms with Crippen molar-refractivity contribution in [1.82, 2.24) is 15.5 Å². The van der Waals surface area contributed by atoms with E-state index in [0.29, 0.717) is 13.0 Å². The third kappa shape index (κ3) is 4.38. The number of amides is 1. The van der Waals surface area contributed by atoms with E-state index in [4.69, 9.17) is 4.42 Å². The Kier molecular flexibility index (Phi) is 5.33. The smallest absolute Gasteiger partial charge is 0.221 e. The average molecular weight is 337 g/mol. The van der Waals surface area contributed by atoms with Gasteiger partial charge in [0, 0.05) is 30.1 Å². The van der Waals surface area contributed by atoms with Crippen LogP contribution < -0.4 is 5.32 Å². The van der Waals surface area contributed by atoms with Crippen LogP contribution in [0.5, 0.6) is 0 Å². The number of aryl methyl sites for hydroxylation is 2. The van der Waals surface area contributed by atoms with Gasteiger partial charge in [-0.25, -0.2) is 0 Å². The predicted molar refractivity (Wildman–Crippen MR) is 96.1 cm³/mol. The molecule has 0 radical (unpaired) electrons. The summed E-state index contributed by atoms with van der Waals surface area (Å²) in [6, 6.07) is 14.0. The normalized spacial score (nSPS) is 12.1. The summed E-state index contributed by atoms with van der Waals surface area (Å²) in [4.78, 5) is 12.5. The molecule has 3 rings (SSSR count). The SMILES string of the molecule is Cc1n[nH]c(C)c1CNC(=O)CC(Cc1ccccc1)c1ccco1. The van der Waals surface area contributed by atoms with Crippen LogP contribution in [-0.4, -0.2) is 16.1 Å². The first-order chi connectivity index (χ1) is 12.1. The lowest BCUT2D eigenvalue weighted by Gasteiger charge is -2.15. The van der Waals surface area contributed by atoms with Crippen molar-refractivity contribution in [2.24, 2.45) is 0 Å². The number of hydrogen-bond acceptors (Lipinski definition) is 3. The van der Waals surface area contributed by atoms with E-state index < -0.39 is 0 Å². The molecule has 0 bridgehead atoms. The van der Waals surface area contributed by atoms with Gasteiger partial charge >= 0.3 is 0 Å². The van der Waals surface area contributed by atoms with Crippen molar-refractivity contribution in [2.45, 2.75) is 39.2 Å². The van der Waals surface area contributed by atoms with E-state index in [2.05, 4.69) is 27.6 Å². The Morgan fingerprint density at radius 2 is 2.00 bits per heavy atom. The zero-order valence-electron chi connectivity index (χ0n) is 14.6. The van der Waals surface area contributed by atoms with Gasteiger partial charge in [0.15, 0.2) is 0 Å². The highest BCUT2D eigenvalue weighted by molar-refractivity contribution is 5.76. The van der Waals surface area contributed by atoms with Gasteiger partial charge in [0.1, 0.15) is 5.76 Å². The van der Waals surface area contributed by atoms with Crippen molar-refractivity contribution < 1.29 is 9.21 Å². The lowest BCUT2D eigenvalue weighted by atomic mass is 9.93. The van der Waals surface area contributed by atoms with Gasteiger partial charge in [-0.3, -0.25) is 9.89 Å². The number of aromatic nitrogens is 2. The van der Waals surface area contributed by atoms with Crippen molar-refractivity contribution >= 4 is 5.91 Å². The molecule has 2 aromatic heterocycles. The number of hydrogen-bond donors (Lipinski definition) is 2. The highest BCUT2D eigenvalue weighted by Crippen LogP contribution is 2.25. The molecule has 0 saturated carbocycles. The quantitative estimate of drug-likeness (QED) is 0.691. The van der Waals surface area contributed by atoms with Crippen molar-refractivity contribution in [3.05, 3.63) is 77.0 Å². The molecule has 1 unspecified atom stereocenters. The van der Waals surface area contributed by atoms with Crippen LogP contribution in [0.3, 0.4) is 0 Å². The molecule has 0 aliphatic carbocycles. The third-order valence-electron chi connectivity index (χ3n) is 4.45. The predicted octanol–water partition coefficient (Wildman–Crippen LogP) is 3.65. The van der Waals surface area contributed by atoms with Gasteiger partial charge in [0.05, 0.1) is 12.0 Å². The highest BCUT2D eigenvalue weighted by atomic mass is 16.3. The first-order valence-corrected chi connectivity index (χ1v) is 8.48. The van der Waals surface area contributed by atoms with E-state index in [9.17, 15) is 4.79 Å².